The fraction of sp³-hybridized carbons (Fsp3) is 0.211. The summed E-state index contributed by atoms with van der Waals surface area (Å²) in [7, 11) is 1.97. The molecule has 0 unspecified atom stereocenters. The van der Waals surface area contributed by atoms with E-state index in [1.54, 1.807) is 6.20 Å². The van der Waals surface area contributed by atoms with Crippen molar-refractivity contribution in [2.24, 2.45) is 0 Å². The molecule has 0 atom stereocenters. The average molecular weight is 319 g/mol. The number of aryl methyl sites for hydroxylation is 1. The molecule has 0 aliphatic rings. The van der Waals surface area contributed by atoms with Gasteiger partial charge in [-0.3, -0.25) is 0 Å². The first-order valence-electron chi connectivity index (χ1n) is 8.09. The van der Waals surface area contributed by atoms with Crippen molar-refractivity contribution in [3.05, 3.63) is 72.4 Å². The monoisotopic (exact) mass is 319 g/mol. The van der Waals surface area contributed by atoms with E-state index in [0.29, 0.717) is 5.95 Å². The number of hydrogen-bond donors (Lipinski definition) is 1. The van der Waals surface area contributed by atoms with Crippen LogP contribution in [0.2, 0.25) is 0 Å². The second-order valence-electron chi connectivity index (χ2n) is 5.55. The zero-order valence-corrected chi connectivity index (χ0v) is 13.8. The predicted octanol–water partition coefficient (Wildman–Crippen LogP) is 3.68. The van der Waals surface area contributed by atoms with Gasteiger partial charge < -0.3 is 10.2 Å². The van der Waals surface area contributed by atoms with Crippen LogP contribution >= 0.6 is 0 Å². The maximum Gasteiger partial charge on any atom is 0.244 e. The van der Waals surface area contributed by atoms with Gasteiger partial charge in [0.15, 0.2) is 5.82 Å². The lowest BCUT2D eigenvalue weighted by molar-refractivity contribution is 0.841. The third-order valence-electron chi connectivity index (χ3n) is 3.80. The molecule has 0 aliphatic heterocycles. The predicted molar refractivity (Wildman–Crippen MR) is 97.6 cm³/mol. The van der Waals surface area contributed by atoms with Gasteiger partial charge in [0, 0.05) is 19.3 Å². The van der Waals surface area contributed by atoms with Crippen molar-refractivity contribution in [3.8, 4) is 0 Å². The highest BCUT2D eigenvalue weighted by molar-refractivity contribution is 5.58. The topological polar surface area (TPSA) is 53.9 Å². The molecule has 3 aromatic rings. The molecule has 3 rings (SSSR count). The number of aromatic nitrogens is 3. The number of benzene rings is 2. The maximum absolute atomic E-state index is 4.53. The van der Waals surface area contributed by atoms with Crippen LogP contribution in [0.3, 0.4) is 0 Å². The van der Waals surface area contributed by atoms with E-state index in [0.717, 1.165) is 30.9 Å². The van der Waals surface area contributed by atoms with E-state index >= 15 is 0 Å². The highest BCUT2D eigenvalue weighted by Crippen LogP contribution is 2.20. The van der Waals surface area contributed by atoms with E-state index in [-0.39, 0.29) is 0 Å². The summed E-state index contributed by atoms with van der Waals surface area (Å²) in [5, 5.41) is 11.4. The molecule has 24 heavy (non-hydrogen) atoms. The Balaban J connectivity index is 1.55. The maximum atomic E-state index is 4.53. The third kappa shape index (κ3) is 4.29. The van der Waals surface area contributed by atoms with Crippen LogP contribution in [0.25, 0.3) is 0 Å². The van der Waals surface area contributed by atoms with Crippen molar-refractivity contribution in [2.45, 2.75) is 12.8 Å². The molecular weight excluding hydrogens is 298 g/mol. The lowest BCUT2D eigenvalue weighted by atomic mass is 10.1. The van der Waals surface area contributed by atoms with Crippen LogP contribution in [0.15, 0.2) is 66.9 Å². The summed E-state index contributed by atoms with van der Waals surface area (Å²) in [6.45, 7) is 0.815. The summed E-state index contributed by atoms with van der Waals surface area (Å²) in [5.74, 6) is 1.32. The first-order chi connectivity index (χ1) is 11.8. The molecule has 0 spiro atoms. The van der Waals surface area contributed by atoms with Gasteiger partial charge in [-0.05, 0) is 30.5 Å². The number of anilines is 3. The van der Waals surface area contributed by atoms with Crippen LogP contribution in [-0.2, 0) is 6.42 Å². The zero-order valence-electron chi connectivity index (χ0n) is 13.8. The second kappa shape index (κ2) is 8.06. The Bertz CT molecular complexity index is 746. The summed E-state index contributed by atoms with van der Waals surface area (Å²) in [6, 6.07) is 20.5. The van der Waals surface area contributed by atoms with Crippen molar-refractivity contribution in [2.75, 3.05) is 23.8 Å². The zero-order chi connectivity index (χ0) is 16.6. The molecule has 0 saturated heterocycles. The molecule has 2 aromatic carbocycles. The Morgan fingerprint density at radius 1 is 0.958 bits per heavy atom. The lowest BCUT2D eigenvalue weighted by Crippen LogP contribution is -2.14. The average Bonchev–Trinajstić information content (AvgIpc) is 2.66. The largest absolute Gasteiger partial charge is 0.353 e. The Labute approximate surface area is 142 Å². The molecule has 5 heteroatoms. The van der Waals surface area contributed by atoms with Crippen molar-refractivity contribution >= 4 is 17.5 Å². The molecule has 0 bridgehead atoms. The van der Waals surface area contributed by atoms with Gasteiger partial charge in [-0.25, -0.2) is 0 Å². The quantitative estimate of drug-likeness (QED) is 0.673. The molecule has 0 fully saturated rings. The van der Waals surface area contributed by atoms with Gasteiger partial charge in [0.05, 0.1) is 6.20 Å². The number of nitrogens with zero attached hydrogens (tertiary/aromatic N) is 4. The van der Waals surface area contributed by atoms with Gasteiger partial charge in [0.2, 0.25) is 5.95 Å². The Morgan fingerprint density at radius 2 is 1.67 bits per heavy atom. The van der Waals surface area contributed by atoms with Gasteiger partial charge >= 0.3 is 0 Å². The minimum absolute atomic E-state index is 0.559. The van der Waals surface area contributed by atoms with Crippen LogP contribution in [0.4, 0.5) is 17.5 Å². The minimum atomic E-state index is 0.559. The molecule has 0 amide bonds. The SMILES string of the molecule is CN(c1ccccc1)c1cnnc(NCCCc2ccccc2)n1. The molecule has 1 aromatic heterocycles. The minimum Gasteiger partial charge on any atom is -0.353 e. The molecule has 5 nitrogen and oxygen atoms in total. The van der Waals surface area contributed by atoms with E-state index in [9.17, 15) is 0 Å². The number of para-hydroxylation sites is 1. The normalized spacial score (nSPS) is 10.4. The van der Waals surface area contributed by atoms with Gasteiger partial charge in [-0.15, -0.1) is 5.10 Å². The van der Waals surface area contributed by atoms with Crippen LogP contribution in [-0.4, -0.2) is 28.8 Å². The smallest absolute Gasteiger partial charge is 0.244 e. The molecule has 0 radical (unpaired) electrons. The van der Waals surface area contributed by atoms with Crippen LogP contribution in [0.1, 0.15) is 12.0 Å². The first-order valence-corrected chi connectivity index (χ1v) is 8.09. The van der Waals surface area contributed by atoms with Crippen molar-refractivity contribution in [1.82, 2.24) is 15.2 Å². The van der Waals surface area contributed by atoms with Crippen LogP contribution in [0, 0.1) is 0 Å². The molecule has 1 N–H and O–H groups in total. The number of hydrogen-bond acceptors (Lipinski definition) is 5. The van der Waals surface area contributed by atoms with Crippen LogP contribution in [0.5, 0.6) is 0 Å². The van der Waals surface area contributed by atoms with E-state index in [1.165, 1.54) is 5.56 Å². The second-order valence-corrected chi connectivity index (χ2v) is 5.55. The van der Waals surface area contributed by atoms with Crippen molar-refractivity contribution < 1.29 is 0 Å². The highest BCUT2D eigenvalue weighted by Gasteiger charge is 2.07. The van der Waals surface area contributed by atoms with E-state index in [4.69, 9.17) is 0 Å². The summed E-state index contributed by atoms with van der Waals surface area (Å²) < 4.78 is 0. The summed E-state index contributed by atoms with van der Waals surface area (Å²) in [4.78, 5) is 6.52. The van der Waals surface area contributed by atoms with Crippen LogP contribution < -0.4 is 10.2 Å². The van der Waals surface area contributed by atoms with Gasteiger partial charge in [-0.2, -0.15) is 10.1 Å². The highest BCUT2D eigenvalue weighted by atomic mass is 15.3. The number of nitrogens with one attached hydrogen (secondary N) is 1. The molecule has 122 valence electrons. The Kier molecular flexibility index (Phi) is 5.35. The molecule has 0 aliphatic carbocycles. The Hall–Kier alpha value is -2.95. The lowest BCUT2D eigenvalue weighted by Gasteiger charge is -2.18. The molecule has 1 heterocycles. The summed E-state index contributed by atoms with van der Waals surface area (Å²) in [5.41, 5.74) is 2.41. The first kappa shape index (κ1) is 15.9. The summed E-state index contributed by atoms with van der Waals surface area (Å²) >= 11 is 0. The van der Waals surface area contributed by atoms with E-state index < -0.39 is 0 Å². The summed E-state index contributed by atoms with van der Waals surface area (Å²) in [6.07, 6.45) is 3.72. The fourth-order valence-corrected chi connectivity index (χ4v) is 2.45. The van der Waals surface area contributed by atoms with Gasteiger partial charge in [0.25, 0.3) is 0 Å². The standard InChI is InChI=1S/C19H21N5/c1-24(17-12-6-3-7-13-17)18-15-21-23-19(22-18)20-14-8-11-16-9-4-2-5-10-16/h2-7,9-10,12-13,15H,8,11,14H2,1H3,(H,20,22,23). The number of rotatable bonds is 7. The van der Waals surface area contributed by atoms with Crippen molar-refractivity contribution in [1.29, 1.82) is 0 Å². The van der Waals surface area contributed by atoms with Crippen molar-refractivity contribution in [3.63, 3.8) is 0 Å². The van der Waals surface area contributed by atoms with E-state index in [1.807, 2.05) is 48.3 Å². The third-order valence-corrected chi connectivity index (χ3v) is 3.80. The molecule has 0 saturated carbocycles. The van der Waals surface area contributed by atoms with Gasteiger partial charge in [-0.1, -0.05) is 48.5 Å². The Morgan fingerprint density at radius 3 is 2.42 bits per heavy atom. The van der Waals surface area contributed by atoms with Gasteiger partial charge in [0.1, 0.15) is 0 Å². The molecular formula is C19H21N5. The fourth-order valence-electron chi connectivity index (χ4n) is 2.45. The van der Waals surface area contributed by atoms with E-state index in [2.05, 4.69) is 44.8 Å².